The van der Waals surface area contributed by atoms with Crippen LogP contribution in [0.3, 0.4) is 0 Å². The Bertz CT molecular complexity index is 1140. The first-order valence-electron chi connectivity index (χ1n) is 9.17. The molecule has 0 saturated carbocycles. The number of fused-ring (bicyclic) bond motifs is 1. The van der Waals surface area contributed by atoms with E-state index in [9.17, 15) is 14.4 Å². The zero-order valence-electron chi connectivity index (χ0n) is 16.4. The number of nitrogens with two attached hydrogens (primary N) is 1. The number of carbonyl (C=O) groups is 2. The van der Waals surface area contributed by atoms with Crippen LogP contribution >= 0.6 is 11.8 Å². The molecule has 0 aliphatic rings. The second-order valence-electron chi connectivity index (χ2n) is 6.88. The van der Waals surface area contributed by atoms with Crippen LogP contribution in [0.25, 0.3) is 16.6 Å². The van der Waals surface area contributed by atoms with Gasteiger partial charge < -0.3 is 5.73 Å². The first-order chi connectivity index (χ1) is 13.8. The van der Waals surface area contributed by atoms with Crippen LogP contribution in [0.1, 0.15) is 32.3 Å². The molecule has 0 aliphatic carbocycles. The number of aromatic nitrogens is 2. The Kier molecular flexibility index (Phi) is 6.03. The molecule has 0 radical (unpaired) electrons. The molecule has 3 amide bonds. The summed E-state index contributed by atoms with van der Waals surface area (Å²) >= 11 is 1.10. The number of rotatable bonds is 5. The standard InChI is InChI=1S/C21H22N4O3S/c1-12(2)14-8-5-7-11-17(14)25-19(27)15-9-4-6-10-16(15)23-21(25)29-13(3)18(26)24-20(22)28/h4-13H,1-3H3,(H3,22,24,26,28). The highest BCUT2D eigenvalue weighted by Crippen LogP contribution is 2.29. The molecule has 8 heteroatoms. The molecule has 1 unspecified atom stereocenters. The number of para-hydroxylation sites is 2. The maximum Gasteiger partial charge on any atom is 0.318 e. The third-order valence-electron chi connectivity index (χ3n) is 4.44. The average Bonchev–Trinajstić information content (AvgIpc) is 2.67. The predicted molar refractivity (Wildman–Crippen MR) is 114 cm³/mol. The van der Waals surface area contributed by atoms with E-state index in [-0.39, 0.29) is 11.5 Å². The third kappa shape index (κ3) is 4.32. The van der Waals surface area contributed by atoms with E-state index in [2.05, 4.69) is 10.3 Å². The average molecular weight is 410 g/mol. The molecule has 29 heavy (non-hydrogen) atoms. The van der Waals surface area contributed by atoms with Crippen molar-refractivity contribution < 1.29 is 9.59 Å². The lowest BCUT2D eigenvalue weighted by Gasteiger charge is -2.19. The van der Waals surface area contributed by atoms with Crippen molar-refractivity contribution in [2.45, 2.75) is 37.1 Å². The van der Waals surface area contributed by atoms with Crippen LogP contribution in [-0.4, -0.2) is 26.7 Å². The molecule has 0 bridgehead atoms. The van der Waals surface area contributed by atoms with Crippen molar-refractivity contribution in [1.82, 2.24) is 14.9 Å². The molecule has 0 saturated heterocycles. The number of imide groups is 1. The summed E-state index contributed by atoms with van der Waals surface area (Å²) in [5.74, 6) is -0.369. The van der Waals surface area contributed by atoms with Gasteiger partial charge in [-0.3, -0.25) is 19.5 Å². The highest BCUT2D eigenvalue weighted by atomic mass is 32.2. The largest absolute Gasteiger partial charge is 0.351 e. The number of nitrogens with one attached hydrogen (secondary N) is 1. The van der Waals surface area contributed by atoms with E-state index in [1.165, 1.54) is 4.57 Å². The molecule has 3 aromatic rings. The Morgan fingerprint density at radius 3 is 2.41 bits per heavy atom. The zero-order chi connectivity index (χ0) is 21.1. The number of amides is 3. The van der Waals surface area contributed by atoms with Gasteiger partial charge in [0.1, 0.15) is 0 Å². The number of benzene rings is 2. The second-order valence-corrected chi connectivity index (χ2v) is 8.19. The zero-order valence-corrected chi connectivity index (χ0v) is 17.2. The fourth-order valence-corrected chi connectivity index (χ4v) is 3.94. The lowest BCUT2D eigenvalue weighted by Crippen LogP contribution is -2.39. The number of urea groups is 1. The van der Waals surface area contributed by atoms with Gasteiger partial charge in [-0.25, -0.2) is 9.78 Å². The monoisotopic (exact) mass is 410 g/mol. The van der Waals surface area contributed by atoms with E-state index in [1.54, 1.807) is 31.2 Å². The van der Waals surface area contributed by atoms with Crippen molar-refractivity contribution >= 4 is 34.6 Å². The molecular formula is C21H22N4O3S. The summed E-state index contributed by atoms with van der Waals surface area (Å²) < 4.78 is 1.54. The van der Waals surface area contributed by atoms with Gasteiger partial charge >= 0.3 is 6.03 Å². The Morgan fingerprint density at radius 2 is 1.72 bits per heavy atom. The molecule has 7 nitrogen and oxygen atoms in total. The lowest BCUT2D eigenvalue weighted by molar-refractivity contribution is -0.119. The summed E-state index contributed by atoms with van der Waals surface area (Å²) in [7, 11) is 0. The number of nitrogens with zero attached hydrogens (tertiary/aromatic N) is 2. The van der Waals surface area contributed by atoms with Crippen molar-refractivity contribution in [2.75, 3.05) is 0 Å². The highest BCUT2D eigenvalue weighted by molar-refractivity contribution is 8.00. The van der Waals surface area contributed by atoms with Gasteiger partial charge in [0.2, 0.25) is 5.91 Å². The van der Waals surface area contributed by atoms with Gasteiger partial charge in [-0.15, -0.1) is 0 Å². The number of hydrogen-bond donors (Lipinski definition) is 2. The maximum absolute atomic E-state index is 13.4. The van der Waals surface area contributed by atoms with E-state index < -0.39 is 17.2 Å². The number of hydrogen-bond acceptors (Lipinski definition) is 5. The summed E-state index contributed by atoms with van der Waals surface area (Å²) in [6.45, 7) is 5.73. The Hall–Kier alpha value is -3.13. The van der Waals surface area contributed by atoms with Crippen molar-refractivity contribution in [3.63, 3.8) is 0 Å². The Labute approximate surface area is 172 Å². The highest BCUT2D eigenvalue weighted by Gasteiger charge is 2.22. The summed E-state index contributed by atoms with van der Waals surface area (Å²) in [4.78, 5) is 41.2. The Balaban J connectivity index is 2.21. The molecular weight excluding hydrogens is 388 g/mol. The molecule has 3 N–H and O–H groups in total. The van der Waals surface area contributed by atoms with Gasteiger partial charge in [0, 0.05) is 0 Å². The van der Waals surface area contributed by atoms with Crippen LogP contribution < -0.4 is 16.6 Å². The molecule has 0 aliphatic heterocycles. The van der Waals surface area contributed by atoms with Gasteiger partial charge in [0.15, 0.2) is 5.16 Å². The van der Waals surface area contributed by atoms with Crippen molar-refractivity contribution in [2.24, 2.45) is 5.73 Å². The molecule has 0 spiro atoms. The van der Waals surface area contributed by atoms with Crippen molar-refractivity contribution in [3.05, 3.63) is 64.4 Å². The molecule has 150 valence electrons. The molecule has 3 rings (SSSR count). The minimum absolute atomic E-state index is 0.179. The smallest absolute Gasteiger partial charge is 0.318 e. The quantitative estimate of drug-likeness (QED) is 0.496. The van der Waals surface area contributed by atoms with Crippen LogP contribution in [0.15, 0.2) is 58.5 Å². The van der Waals surface area contributed by atoms with E-state index >= 15 is 0 Å². The SMILES string of the molecule is CC(Sc1nc2ccccc2c(=O)n1-c1ccccc1C(C)C)C(=O)NC(N)=O. The molecule has 1 aromatic heterocycles. The summed E-state index contributed by atoms with van der Waals surface area (Å²) in [5, 5.41) is 2.24. The first kappa shape index (κ1) is 20.6. The van der Waals surface area contributed by atoms with Crippen LogP contribution in [0, 0.1) is 0 Å². The van der Waals surface area contributed by atoms with Crippen LogP contribution in [0.2, 0.25) is 0 Å². The summed E-state index contributed by atoms with van der Waals surface area (Å²) in [6, 6.07) is 13.8. The van der Waals surface area contributed by atoms with Gasteiger partial charge in [0.05, 0.1) is 21.8 Å². The normalized spacial score (nSPS) is 12.1. The fraction of sp³-hybridized carbons (Fsp3) is 0.238. The minimum Gasteiger partial charge on any atom is -0.351 e. The van der Waals surface area contributed by atoms with Crippen LogP contribution in [0.5, 0.6) is 0 Å². The van der Waals surface area contributed by atoms with Crippen molar-refractivity contribution in [3.8, 4) is 5.69 Å². The fourth-order valence-electron chi connectivity index (χ4n) is 3.02. The Morgan fingerprint density at radius 1 is 1.07 bits per heavy atom. The lowest BCUT2D eigenvalue weighted by atomic mass is 10.0. The van der Waals surface area contributed by atoms with Crippen LogP contribution in [0.4, 0.5) is 4.79 Å². The summed E-state index contributed by atoms with van der Waals surface area (Å²) in [5.41, 5.74) is 7.08. The van der Waals surface area contributed by atoms with E-state index in [0.29, 0.717) is 16.1 Å². The topological polar surface area (TPSA) is 107 Å². The van der Waals surface area contributed by atoms with Gasteiger partial charge in [-0.05, 0) is 36.6 Å². The number of primary amides is 1. The predicted octanol–water partition coefficient (Wildman–Crippen LogP) is 3.18. The van der Waals surface area contributed by atoms with Crippen LogP contribution in [-0.2, 0) is 4.79 Å². The number of carbonyl (C=O) groups excluding carboxylic acids is 2. The van der Waals surface area contributed by atoms with E-state index in [4.69, 9.17) is 5.73 Å². The second kappa shape index (κ2) is 8.48. The molecule has 2 aromatic carbocycles. The van der Waals surface area contributed by atoms with E-state index in [1.807, 2.05) is 38.1 Å². The first-order valence-corrected chi connectivity index (χ1v) is 10.1. The van der Waals surface area contributed by atoms with Gasteiger partial charge in [-0.2, -0.15) is 0 Å². The van der Waals surface area contributed by atoms with Crippen molar-refractivity contribution in [1.29, 1.82) is 0 Å². The molecule has 0 fully saturated rings. The third-order valence-corrected chi connectivity index (χ3v) is 5.49. The summed E-state index contributed by atoms with van der Waals surface area (Å²) in [6.07, 6.45) is 0. The molecule has 1 heterocycles. The molecule has 1 atom stereocenters. The minimum atomic E-state index is -0.920. The maximum atomic E-state index is 13.4. The van der Waals surface area contributed by atoms with Gasteiger partial charge in [0.25, 0.3) is 5.56 Å². The van der Waals surface area contributed by atoms with E-state index in [0.717, 1.165) is 23.0 Å². The van der Waals surface area contributed by atoms with Gasteiger partial charge in [-0.1, -0.05) is 55.9 Å². The number of thioether (sulfide) groups is 1.